The van der Waals surface area contributed by atoms with Gasteiger partial charge in [0.05, 0.1) is 18.8 Å². The van der Waals surface area contributed by atoms with E-state index in [0.29, 0.717) is 6.42 Å². The van der Waals surface area contributed by atoms with E-state index in [2.05, 4.69) is 52.2 Å². The molecule has 1 aromatic heterocycles. The molecule has 22 heavy (non-hydrogen) atoms. The molecule has 1 spiro atoms. The number of Topliss-reactive ketones (excluding diaryl/α,β-unsaturated/α-hetero) is 1. The van der Waals surface area contributed by atoms with Gasteiger partial charge in [-0.15, -0.1) is 0 Å². The third-order valence-corrected chi connectivity index (χ3v) is 4.87. The van der Waals surface area contributed by atoms with E-state index in [9.17, 15) is 4.79 Å². The molecule has 1 unspecified atom stereocenters. The van der Waals surface area contributed by atoms with Crippen LogP contribution in [-0.4, -0.2) is 22.2 Å². The first-order chi connectivity index (χ1) is 10.8. The molecule has 1 atom stereocenters. The van der Waals surface area contributed by atoms with Crippen molar-refractivity contribution in [3.63, 3.8) is 0 Å². The van der Waals surface area contributed by atoms with E-state index in [1.165, 1.54) is 16.3 Å². The second kappa shape index (κ2) is 4.11. The Hall–Kier alpha value is -2.33. The van der Waals surface area contributed by atoms with Crippen molar-refractivity contribution in [3.05, 3.63) is 59.4 Å². The molecule has 2 heterocycles. The van der Waals surface area contributed by atoms with Crippen LogP contribution in [0.4, 0.5) is 0 Å². The Morgan fingerprint density at radius 1 is 1.18 bits per heavy atom. The molecule has 2 aliphatic rings. The molecule has 0 saturated carbocycles. The monoisotopic (exact) mass is 292 g/mol. The molecule has 4 heteroatoms. The molecule has 0 bridgehead atoms. The average molecular weight is 292 g/mol. The summed E-state index contributed by atoms with van der Waals surface area (Å²) in [5, 5.41) is 5.70. The van der Waals surface area contributed by atoms with E-state index in [1.54, 1.807) is 0 Å². The van der Waals surface area contributed by atoms with Crippen LogP contribution >= 0.6 is 0 Å². The molecule has 5 rings (SSSR count). The molecule has 0 amide bonds. The fourth-order valence-corrected chi connectivity index (χ4v) is 3.56. The maximum Gasteiger partial charge on any atom is 0.182 e. The predicted molar refractivity (Wildman–Crippen MR) is 83.0 cm³/mol. The smallest absolute Gasteiger partial charge is 0.182 e. The van der Waals surface area contributed by atoms with Gasteiger partial charge in [-0.2, -0.15) is 0 Å². The summed E-state index contributed by atoms with van der Waals surface area (Å²) in [4.78, 5) is 11.9. The van der Waals surface area contributed by atoms with Crippen LogP contribution in [0.2, 0.25) is 0 Å². The van der Waals surface area contributed by atoms with Crippen molar-refractivity contribution in [2.75, 3.05) is 6.61 Å². The lowest BCUT2D eigenvalue weighted by Crippen LogP contribution is -2.35. The lowest BCUT2D eigenvalue weighted by molar-refractivity contribution is 0.0916. The summed E-state index contributed by atoms with van der Waals surface area (Å²) in [6, 6.07) is 14.9. The summed E-state index contributed by atoms with van der Waals surface area (Å²) in [6.45, 7) is 1.50. The van der Waals surface area contributed by atoms with Crippen LogP contribution in [0.3, 0.4) is 0 Å². The summed E-state index contributed by atoms with van der Waals surface area (Å²) < 4.78 is 7.74. The number of aromatic amines is 1. The van der Waals surface area contributed by atoms with Gasteiger partial charge >= 0.3 is 0 Å². The molecule has 1 aliphatic carbocycles. The van der Waals surface area contributed by atoms with Gasteiger partial charge in [0.25, 0.3) is 0 Å². The van der Waals surface area contributed by atoms with Crippen LogP contribution in [0.5, 0.6) is 0 Å². The standard InChI is InChI=1S/C18H16N2O2/c21-15-7-8-18(11-22-18)17-16(15)19-20(17)10-12-5-6-13-3-1-2-4-14(13)9-12/h1-6,9,19H,7-8,10-11H2. The van der Waals surface area contributed by atoms with Crippen LogP contribution in [0.1, 0.15) is 34.6 Å². The molecule has 1 fully saturated rings. The van der Waals surface area contributed by atoms with Gasteiger partial charge in [0, 0.05) is 6.42 Å². The zero-order valence-corrected chi connectivity index (χ0v) is 12.1. The molecule has 1 aliphatic heterocycles. The Bertz CT molecular complexity index is 899. The Balaban J connectivity index is 1.51. The number of ketones is 1. The van der Waals surface area contributed by atoms with Gasteiger partial charge in [-0.3, -0.25) is 14.6 Å². The molecule has 1 N–H and O–H groups in total. The van der Waals surface area contributed by atoms with Gasteiger partial charge in [0.15, 0.2) is 5.78 Å². The molecular weight excluding hydrogens is 276 g/mol. The summed E-state index contributed by atoms with van der Waals surface area (Å²) in [6.07, 6.45) is 1.41. The Labute approximate surface area is 127 Å². The van der Waals surface area contributed by atoms with Crippen molar-refractivity contribution in [1.82, 2.24) is 9.78 Å². The zero-order chi connectivity index (χ0) is 14.7. The summed E-state index contributed by atoms with van der Waals surface area (Å²) in [5.41, 5.74) is 2.89. The lowest BCUT2D eigenvalue weighted by Gasteiger charge is -2.30. The van der Waals surface area contributed by atoms with Crippen LogP contribution in [-0.2, 0) is 16.9 Å². The molecule has 0 radical (unpaired) electrons. The second-order valence-electron chi connectivity index (χ2n) is 6.31. The Morgan fingerprint density at radius 3 is 2.82 bits per heavy atom. The summed E-state index contributed by atoms with van der Waals surface area (Å²) in [5.74, 6) is 0.214. The number of H-pyrrole nitrogens is 1. The van der Waals surface area contributed by atoms with Crippen molar-refractivity contribution in [2.24, 2.45) is 0 Å². The van der Waals surface area contributed by atoms with E-state index < -0.39 is 0 Å². The van der Waals surface area contributed by atoms with Crippen LogP contribution in [0.25, 0.3) is 10.8 Å². The third kappa shape index (κ3) is 1.64. The normalized spacial score (nSPS) is 23.2. The number of fused-ring (bicyclic) bond motifs is 3. The number of benzene rings is 2. The van der Waals surface area contributed by atoms with Gasteiger partial charge in [-0.25, -0.2) is 0 Å². The molecule has 4 nitrogen and oxygen atoms in total. The van der Waals surface area contributed by atoms with E-state index in [0.717, 1.165) is 31.0 Å². The Morgan fingerprint density at radius 2 is 2.00 bits per heavy atom. The van der Waals surface area contributed by atoms with Crippen LogP contribution in [0, 0.1) is 0 Å². The molecule has 110 valence electrons. The highest BCUT2D eigenvalue weighted by atomic mass is 16.6. The fraction of sp³-hybridized carbons (Fsp3) is 0.278. The lowest BCUT2D eigenvalue weighted by atomic mass is 9.87. The highest BCUT2D eigenvalue weighted by Crippen LogP contribution is 2.48. The molecule has 1 saturated heterocycles. The largest absolute Gasteiger partial charge is 0.363 e. The van der Waals surface area contributed by atoms with Crippen molar-refractivity contribution in [2.45, 2.75) is 25.0 Å². The number of hydrogen-bond acceptors (Lipinski definition) is 2. The minimum Gasteiger partial charge on any atom is -0.363 e. The number of carbonyl (C=O) groups excluding carboxylic acids is 1. The topological polar surface area (TPSA) is 50.3 Å². The van der Waals surface area contributed by atoms with Crippen molar-refractivity contribution in [3.8, 4) is 0 Å². The van der Waals surface area contributed by atoms with E-state index in [4.69, 9.17) is 4.74 Å². The number of rotatable bonds is 2. The highest BCUT2D eigenvalue weighted by Gasteiger charge is 2.54. The highest BCUT2D eigenvalue weighted by molar-refractivity contribution is 5.97. The number of aromatic nitrogens is 2. The first kappa shape index (κ1) is 12.2. The van der Waals surface area contributed by atoms with Gasteiger partial charge in [0.2, 0.25) is 0 Å². The van der Waals surface area contributed by atoms with Crippen LogP contribution in [0.15, 0.2) is 42.5 Å². The van der Waals surface area contributed by atoms with Gasteiger partial charge < -0.3 is 4.74 Å². The van der Waals surface area contributed by atoms with E-state index >= 15 is 0 Å². The van der Waals surface area contributed by atoms with Crippen molar-refractivity contribution < 1.29 is 9.53 Å². The van der Waals surface area contributed by atoms with Gasteiger partial charge in [0.1, 0.15) is 11.3 Å². The van der Waals surface area contributed by atoms with E-state index in [-0.39, 0.29) is 11.4 Å². The first-order valence-electron chi connectivity index (χ1n) is 7.69. The van der Waals surface area contributed by atoms with Gasteiger partial charge in [-0.1, -0.05) is 36.4 Å². The Kier molecular flexibility index (Phi) is 2.29. The first-order valence-corrected chi connectivity index (χ1v) is 7.69. The number of hydrogen-bond donors (Lipinski definition) is 1. The maximum atomic E-state index is 11.9. The number of ether oxygens (including phenoxy) is 1. The molecule has 2 aromatic carbocycles. The van der Waals surface area contributed by atoms with E-state index in [1.807, 2.05) is 0 Å². The SMILES string of the molecule is O=C1CCC2(CO2)c2c1[nH]n2Cc1ccc2ccccc2c1. The minimum atomic E-state index is -0.175. The van der Waals surface area contributed by atoms with Crippen molar-refractivity contribution >= 4 is 16.6 Å². The maximum absolute atomic E-state index is 11.9. The number of epoxide rings is 1. The average Bonchev–Trinajstić information content (AvgIpc) is 3.27. The molecular formula is C18H16N2O2. The third-order valence-electron chi connectivity index (χ3n) is 4.87. The predicted octanol–water partition coefficient (Wildman–Crippen LogP) is 3.22. The molecule has 3 aromatic rings. The minimum absolute atomic E-state index is 0.175. The summed E-state index contributed by atoms with van der Waals surface area (Å²) in [7, 11) is 0. The number of carbonyl (C=O) groups is 1. The quantitative estimate of drug-likeness (QED) is 0.737. The fourth-order valence-electron chi connectivity index (χ4n) is 3.56. The number of nitrogens with one attached hydrogen (secondary N) is 1. The summed E-state index contributed by atoms with van der Waals surface area (Å²) >= 11 is 0. The van der Waals surface area contributed by atoms with Gasteiger partial charge in [-0.05, 0) is 28.8 Å². The zero-order valence-electron chi connectivity index (χ0n) is 12.1. The van der Waals surface area contributed by atoms with Crippen molar-refractivity contribution in [1.29, 1.82) is 0 Å². The number of nitrogens with zero attached hydrogens (tertiary/aromatic N) is 1. The second-order valence-corrected chi connectivity index (χ2v) is 6.31. The van der Waals surface area contributed by atoms with Crippen LogP contribution < -0.4 is 0 Å².